The zero-order valence-corrected chi connectivity index (χ0v) is 25.4. The van der Waals surface area contributed by atoms with E-state index in [4.69, 9.17) is 4.74 Å². The van der Waals surface area contributed by atoms with Crippen molar-refractivity contribution < 1.29 is 24.2 Å². The summed E-state index contributed by atoms with van der Waals surface area (Å²) in [4.78, 5) is 40.5. The van der Waals surface area contributed by atoms with E-state index in [0.29, 0.717) is 18.7 Å². The largest absolute Gasteiger partial charge is 0.508 e. The molecule has 0 spiro atoms. The highest BCUT2D eigenvalue weighted by atomic mass is 16.5. The third-order valence-electron chi connectivity index (χ3n) is 7.58. The maximum atomic E-state index is 13.9. The minimum absolute atomic E-state index is 0.139. The molecule has 8 heteroatoms. The van der Waals surface area contributed by atoms with Crippen molar-refractivity contribution in [1.82, 2.24) is 15.5 Å². The van der Waals surface area contributed by atoms with Crippen molar-refractivity contribution in [3.05, 3.63) is 59.7 Å². The van der Waals surface area contributed by atoms with Crippen molar-refractivity contribution in [2.24, 2.45) is 11.3 Å². The molecule has 0 radical (unpaired) electrons. The van der Waals surface area contributed by atoms with Crippen LogP contribution in [0.25, 0.3) is 0 Å². The van der Waals surface area contributed by atoms with Crippen LogP contribution in [-0.2, 0) is 27.2 Å². The summed E-state index contributed by atoms with van der Waals surface area (Å²) in [5, 5.41) is 15.3. The number of amides is 3. The molecule has 0 aliphatic carbocycles. The molecule has 2 aromatic rings. The highest BCUT2D eigenvalue weighted by molar-refractivity contribution is 5.89. The number of aryl methyl sites for hydroxylation is 2. The smallest absolute Gasteiger partial charge is 0.246 e. The van der Waals surface area contributed by atoms with Crippen LogP contribution in [0.1, 0.15) is 71.4 Å². The van der Waals surface area contributed by atoms with Gasteiger partial charge in [0.05, 0.1) is 6.54 Å². The molecule has 1 aliphatic heterocycles. The molecule has 2 aromatic carbocycles. The van der Waals surface area contributed by atoms with E-state index in [0.717, 1.165) is 37.0 Å². The van der Waals surface area contributed by atoms with Gasteiger partial charge in [-0.05, 0) is 66.5 Å². The van der Waals surface area contributed by atoms with Crippen molar-refractivity contribution in [2.75, 3.05) is 13.6 Å². The molecule has 1 heterocycles. The van der Waals surface area contributed by atoms with Crippen LogP contribution in [0.5, 0.6) is 11.5 Å². The third kappa shape index (κ3) is 9.51. The molecule has 1 fully saturated rings. The van der Waals surface area contributed by atoms with Crippen LogP contribution in [0, 0.1) is 11.3 Å². The van der Waals surface area contributed by atoms with E-state index in [2.05, 4.69) is 16.7 Å². The SMILES string of the molecule is CNC(=O)C[C@@H]1C[C@H](Oc2cccc(CCCCc3cccc(O)c3)c2)CN1C(=O)[C@@H](NC(=O)C(C)C)C(C)(C)C. The summed E-state index contributed by atoms with van der Waals surface area (Å²) >= 11 is 0. The lowest BCUT2D eigenvalue weighted by Crippen LogP contribution is -2.56. The number of phenolic OH excluding ortho intramolecular Hbond substituents is 1. The number of hydrogen-bond donors (Lipinski definition) is 3. The summed E-state index contributed by atoms with van der Waals surface area (Å²) in [6.45, 7) is 9.75. The van der Waals surface area contributed by atoms with Crippen LogP contribution < -0.4 is 15.4 Å². The second-order valence-electron chi connectivity index (χ2n) is 12.5. The van der Waals surface area contributed by atoms with Crippen LogP contribution in [0.4, 0.5) is 0 Å². The molecule has 3 atom stereocenters. The van der Waals surface area contributed by atoms with Gasteiger partial charge >= 0.3 is 0 Å². The topological polar surface area (TPSA) is 108 Å². The van der Waals surface area contributed by atoms with Crippen LogP contribution in [0.3, 0.4) is 0 Å². The predicted molar refractivity (Wildman–Crippen MR) is 161 cm³/mol. The van der Waals surface area contributed by atoms with E-state index in [-0.39, 0.29) is 42.2 Å². The van der Waals surface area contributed by atoms with E-state index in [1.54, 1.807) is 31.9 Å². The Morgan fingerprint density at radius 2 is 1.66 bits per heavy atom. The van der Waals surface area contributed by atoms with Crippen molar-refractivity contribution in [1.29, 1.82) is 0 Å². The first-order valence-corrected chi connectivity index (χ1v) is 14.7. The van der Waals surface area contributed by atoms with E-state index >= 15 is 0 Å². The molecule has 0 saturated carbocycles. The fourth-order valence-electron chi connectivity index (χ4n) is 5.20. The number of hydrogen-bond acceptors (Lipinski definition) is 5. The van der Waals surface area contributed by atoms with Crippen molar-refractivity contribution in [2.45, 2.75) is 91.3 Å². The van der Waals surface area contributed by atoms with Gasteiger partial charge < -0.3 is 25.4 Å². The third-order valence-corrected chi connectivity index (χ3v) is 7.58. The van der Waals surface area contributed by atoms with Crippen molar-refractivity contribution in [3.63, 3.8) is 0 Å². The molecule has 3 N–H and O–H groups in total. The first-order valence-electron chi connectivity index (χ1n) is 14.7. The lowest BCUT2D eigenvalue weighted by Gasteiger charge is -2.36. The molecule has 224 valence electrons. The van der Waals surface area contributed by atoms with Gasteiger partial charge in [0.15, 0.2) is 0 Å². The van der Waals surface area contributed by atoms with E-state index in [9.17, 15) is 19.5 Å². The van der Waals surface area contributed by atoms with E-state index in [1.807, 2.05) is 57.2 Å². The standard InChI is InChI=1S/C33H47N3O5/c1-22(2)31(39)35-30(33(3,4)5)32(40)36-21-28(19-25(36)20-29(38)34-6)41-27-16-10-14-24(18-27)12-8-7-11-23-13-9-15-26(37)17-23/h9-10,13-18,22,25,28,30,37H,7-8,11-12,19-21H2,1-6H3,(H,34,38)(H,35,39)/t25-,28-,30+/m0/s1. The molecule has 0 aromatic heterocycles. The molecule has 8 nitrogen and oxygen atoms in total. The van der Waals surface area contributed by atoms with Gasteiger partial charge in [0.2, 0.25) is 17.7 Å². The Bertz CT molecular complexity index is 1190. The number of benzene rings is 2. The van der Waals surface area contributed by atoms with Gasteiger partial charge in [-0.2, -0.15) is 0 Å². The van der Waals surface area contributed by atoms with Crippen LogP contribution in [0.2, 0.25) is 0 Å². The van der Waals surface area contributed by atoms with Gasteiger partial charge in [-0.25, -0.2) is 0 Å². The first-order chi connectivity index (χ1) is 19.4. The second kappa shape index (κ2) is 14.4. The zero-order chi connectivity index (χ0) is 30.2. The molecule has 41 heavy (non-hydrogen) atoms. The molecule has 1 saturated heterocycles. The minimum atomic E-state index is -0.716. The zero-order valence-electron chi connectivity index (χ0n) is 25.4. The highest BCUT2D eigenvalue weighted by Crippen LogP contribution is 2.30. The Kier molecular flexibility index (Phi) is 11.2. The number of aromatic hydroxyl groups is 1. The second-order valence-corrected chi connectivity index (χ2v) is 12.5. The summed E-state index contributed by atoms with van der Waals surface area (Å²) in [6, 6.07) is 14.4. The number of ether oxygens (including phenoxy) is 1. The minimum Gasteiger partial charge on any atom is -0.508 e. The fourth-order valence-corrected chi connectivity index (χ4v) is 5.20. The molecule has 3 rings (SSSR count). The van der Waals surface area contributed by atoms with Crippen molar-refractivity contribution >= 4 is 17.7 Å². The lowest BCUT2D eigenvalue weighted by atomic mass is 9.85. The molecule has 0 bridgehead atoms. The van der Waals surface area contributed by atoms with Crippen LogP contribution in [0.15, 0.2) is 48.5 Å². The summed E-state index contributed by atoms with van der Waals surface area (Å²) < 4.78 is 6.37. The highest BCUT2D eigenvalue weighted by Gasteiger charge is 2.43. The molecule has 0 unspecified atom stereocenters. The number of carbonyl (C=O) groups excluding carboxylic acids is 3. The maximum Gasteiger partial charge on any atom is 0.246 e. The van der Waals surface area contributed by atoms with Gasteiger partial charge in [-0.1, -0.05) is 58.9 Å². The monoisotopic (exact) mass is 565 g/mol. The van der Waals surface area contributed by atoms with Crippen LogP contribution in [-0.4, -0.2) is 59.5 Å². The average molecular weight is 566 g/mol. The van der Waals surface area contributed by atoms with Gasteiger partial charge in [0.1, 0.15) is 23.6 Å². The Morgan fingerprint density at radius 1 is 1.02 bits per heavy atom. The van der Waals surface area contributed by atoms with Crippen LogP contribution >= 0.6 is 0 Å². The van der Waals surface area contributed by atoms with Crippen molar-refractivity contribution in [3.8, 4) is 11.5 Å². The Balaban J connectivity index is 1.66. The number of nitrogens with zero attached hydrogens (tertiary/aromatic N) is 1. The molecule has 3 amide bonds. The van der Waals surface area contributed by atoms with Gasteiger partial charge in [0, 0.05) is 31.8 Å². The van der Waals surface area contributed by atoms with Gasteiger partial charge in [0.25, 0.3) is 0 Å². The fraction of sp³-hybridized carbons (Fsp3) is 0.545. The number of nitrogens with one attached hydrogen (secondary N) is 2. The van der Waals surface area contributed by atoms with Gasteiger partial charge in [-0.3, -0.25) is 14.4 Å². The number of carbonyl (C=O) groups is 3. The molecular weight excluding hydrogens is 518 g/mol. The first kappa shape index (κ1) is 32.0. The van der Waals surface area contributed by atoms with Gasteiger partial charge in [-0.15, -0.1) is 0 Å². The lowest BCUT2D eigenvalue weighted by molar-refractivity contribution is -0.141. The normalized spacial score (nSPS) is 17.8. The number of likely N-dealkylation sites (tertiary alicyclic amines) is 1. The number of phenols is 1. The van der Waals surface area contributed by atoms with E-state index in [1.165, 1.54) is 5.56 Å². The summed E-state index contributed by atoms with van der Waals surface area (Å²) in [6.07, 6.45) is 4.28. The summed E-state index contributed by atoms with van der Waals surface area (Å²) in [5.74, 6) is 0.293. The molecular formula is C33H47N3O5. The Hall–Kier alpha value is -3.55. The van der Waals surface area contributed by atoms with E-state index < -0.39 is 11.5 Å². The molecule has 1 aliphatic rings. The summed E-state index contributed by atoms with van der Waals surface area (Å²) in [7, 11) is 1.59. The summed E-state index contributed by atoms with van der Waals surface area (Å²) in [5.41, 5.74) is 1.80. The number of unbranched alkanes of at least 4 members (excludes halogenated alkanes) is 1. The number of rotatable bonds is 12. The average Bonchev–Trinajstić information content (AvgIpc) is 3.30. The Morgan fingerprint density at radius 3 is 2.24 bits per heavy atom. The predicted octanol–water partition coefficient (Wildman–Crippen LogP) is 4.63. The maximum absolute atomic E-state index is 13.9. The Labute approximate surface area is 244 Å². The quantitative estimate of drug-likeness (QED) is 0.325.